The van der Waals surface area contributed by atoms with Gasteiger partial charge in [-0.1, -0.05) is 12.1 Å². The van der Waals surface area contributed by atoms with E-state index in [2.05, 4.69) is 5.10 Å². The third kappa shape index (κ3) is 2.90. The molecule has 0 spiro atoms. The third-order valence-electron chi connectivity index (χ3n) is 5.36. The van der Waals surface area contributed by atoms with E-state index in [0.717, 1.165) is 17.7 Å². The number of benzene rings is 1. The van der Waals surface area contributed by atoms with Crippen molar-refractivity contribution in [1.29, 1.82) is 0 Å². The van der Waals surface area contributed by atoms with Crippen LogP contribution in [0.15, 0.2) is 24.3 Å². The van der Waals surface area contributed by atoms with Gasteiger partial charge in [-0.05, 0) is 31.4 Å². The van der Waals surface area contributed by atoms with Crippen molar-refractivity contribution in [2.75, 3.05) is 13.7 Å². The van der Waals surface area contributed by atoms with Gasteiger partial charge in [0.1, 0.15) is 17.5 Å². The first kappa shape index (κ1) is 17.7. The first-order chi connectivity index (χ1) is 13.0. The Kier molecular flexibility index (Phi) is 4.43. The number of halogens is 1. The molecule has 1 saturated heterocycles. The molecule has 8 heteroatoms. The van der Waals surface area contributed by atoms with Crippen molar-refractivity contribution in [1.82, 2.24) is 14.7 Å². The lowest BCUT2D eigenvalue weighted by molar-refractivity contribution is -0.141. The summed E-state index contributed by atoms with van der Waals surface area (Å²) in [6, 6.07) is 5.34. The molecule has 27 heavy (non-hydrogen) atoms. The molecule has 2 atom stereocenters. The number of fused-ring (bicyclic) bond motifs is 1. The SMILES string of the molecule is COC1CC(C(=O)O)N(C(=O)c2nn(-c3ccccc3F)c3c2CCC3)C1. The highest BCUT2D eigenvalue weighted by atomic mass is 19.1. The fourth-order valence-electron chi connectivity index (χ4n) is 3.99. The number of aromatic nitrogens is 2. The number of ether oxygens (including phenoxy) is 1. The first-order valence-electron chi connectivity index (χ1n) is 8.93. The summed E-state index contributed by atoms with van der Waals surface area (Å²) < 4.78 is 21.0. The molecule has 0 saturated carbocycles. The van der Waals surface area contributed by atoms with Gasteiger partial charge in [-0.2, -0.15) is 5.10 Å². The van der Waals surface area contributed by atoms with Crippen LogP contribution in [0.2, 0.25) is 0 Å². The number of likely N-dealkylation sites (tertiary alicyclic amines) is 1. The second-order valence-corrected chi connectivity index (χ2v) is 6.90. The number of aliphatic carboxylic acids is 1. The molecule has 2 heterocycles. The van der Waals surface area contributed by atoms with Crippen LogP contribution in [0.25, 0.3) is 5.69 Å². The number of hydrogen-bond acceptors (Lipinski definition) is 4. The van der Waals surface area contributed by atoms with E-state index in [1.54, 1.807) is 18.2 Å². The maximum absolute atomic E-state index is 14.3. The molecule has 2 aliphatic rings. The molecule has 2 unspecified atom stereocenters. The molecular weight excluding hydrogens is 353 g/mol. The van der Waals surface area contributed by atoms with E-state index >= 15 is 0 Å². The predicted octanol–water partition coefficient (Wildman–Crippen LogP) is 1.81. The van der Waals surface area contributed by atoms with E-state index in [9.17, 15) is 19.1 Å². The van der Waals surface area contributed by atoms with Crippen molar-refractivity contribution >= 4 is 11.9 Å². The van der Waals surface area contributed by atoms with Crippen molar-refractivity contribution in [3.63, 3.8) is 0 Å². The highest BCUT2D eigenvalue weighted by molar-refractivity contribution is 5.97. The fraction of sp³-hybridized carbons (Fsp3) is 0.421. The van der Waals surface area contributed by atoms with Crippen LogP contribution in [0.3, 0.4) is 0 Å². The Morgan fingerprint density at radius 2 is 2.07 bits per heavy atom. The van der Waals surface area contributed by atoms with Crippen LogP contribution >= 0.6 is 0 Å². The summed E-state index contributed by atoms with van der Waals surface area (Å²) in [6.07, 6.45) is 2.15. The summed E-state index contributed by atoms with van der Waals surface area (Å²) in [4.78, 5) is 26.0. The number of methoxy groups -OCH3 is 1. The fourth-order valence-corrected chi connectivity index (χ4v) is 3.99. The monoisotopic (exact) mass is 373 g/mol. The van der Waals surface area contributed by atoms with Crippen molar-refractivity contribution in [2.24, 2.45) is 0 Å². The Labute approximate surface area is 155 Å². The normalized spacial score (nSPS) is 21.5. The van der Waals surface area contributed by atoms with Gasteiger partial charge in [-0.15, -0.1) is 0 Å². The summed E-state index contributed by atoms with van der Waals surface area (Å²) in [6.45, 7) is 0.202. The Morgan fingerprint density at radius 1 is 1.30 bits per heavy atom. The van der Waals surface area contributed by atoms with E-state index in [4.69, 9.17) is 4.74 Å². The van der Waals surface area contributed by atoms with E-state index in [1.165, 1.54) is 22.8 Å². The van der Waals surface area contributed by atoms with Crippen LogP contribution in [0.5, 0.6) is 0 Å². The lowest BCUT2D eigenvalue weighted by Gasteiger charge is -2.20. The zero-order valence-corrected chi connectivity index (χ0v) is 14.9. The maximum Gasteiger partial charge on any atom is 0.326 e. The minimum atomic E-state index is -1.06. The largest absolute Gasteiger partial charge is 0.480 e. The highest BCUT2D eigenvalue weighted by Crippen LogP contribution is 2.31. The molecule has 0 radical (unpaired) electrons. The zero-order chi connectivity index (χ0) is 19.1. The summed E-state index contributed by atoms with van der Waals surface area (Å²) in [5.41, 5.74) is 2.11. The summed E-state index contributed by atoms with van der Waals surface area (Å²) in [7, 11) is 1.50. The number of carbonyl (C=O) groups is 2. The molecule has 0 bridgehead atoms. The van der Waals surface area contributed by atoms with Crippen LogP contribution in [0.4, 0.5) is 4.39 Å². The van der Waals surface area contributed by atoms with Gasteiger partial charge in [-0.3, -0.25) is 4.79 Å². The minimum Gasteiger partial charge on any atom is -0.480 e. The predicted molar refractivity (Wildman–Crippen MR) is 93.4 cm³/mol. The molecule has 2 aromatic rings. The standard InChI is InChI=1S/C19H20FN3O4/c1-27-11-9-16(19(25)26)22(10-11)18(24)17-12-5-4-8-14(12)23(21-17)15-7-3-2-6-13(15)20/h2-3,6-7,11,16H,4-5,8-10H2,1H3,(H,25,26). The Balaban J connectivity index is 1.74. The second kappa shape index (κ2) is 6.77. The Hall–Kier alpha value is -2.74. The van der Waals surface area contributed by atoms with Gasteiger partial charge in [0.15, 0.2) is 5.69 Å². The van der Waals surface area contributed by atoms with Crippen LogP contribution in [-0.2, 0) is 22.4 Å². The zero-order valence-electron chi connectivity index (χ0n) is 14.9. The smallest absolute Gasteiger partial charge is 0.326 e. The quantitative estimate of drug-likeness (QED) is 0.884. The number of carbonyl (C=O) groups excluding carboxylic acids is 1. The van der Waals surface area contributed by atoms with Gasteiger partial charge in [-0.25, -0.2) is 13.9 Å². The van der Waals surface area contributed by atoms with Crippen LogP contribution in [-0.4, -0.2) is 57.5 Å². The van der Waals surface area contributed by atoms with Crippen molar-refractivity contribution in [3.05, 3.63) is 47.0 Å². The van der Waals surface area contributed by atoms with Crippen molar-refractivity contribution in [3.8, 4) is 5.69 Å². The van der Waals surface area contributed by atoms with Gasteiger partial charge >= 0.3 is 5.97 Å². The second-order valence-electron chi connectivity index (χ2n) is 6.90. The summed E-state index contributed by atoms with van der Waals surface area (Å²) >= 11 is 0. The highest BCUT2D eigenvalue weighted by Gasteiger charge is 2.42. The topological polar surface area (TPSA) is 84.7 Å². The maximum atomic E-state index is 14.3. The molecule has 142 valence electrons. The van der Waals surface area contributed by atoms with Gasteiger partial charge in [0.25, 0.3) is 5.91 Å². The van der Waals surface area contributed by atoms with Crippen molar-refractivity contribution < 1.29 is 23.8 Å². The molecule has 1 N–H and O–H groups in total. The molecule has 1 amide bonds. The number of amides is 1. The van der Waals surface area contributed by atoms with Gasteiger partial charge in [0.05, 0.1) is 6.10 Å². The molecule has 1 fully saturated rings. The number of para-hydroxylation sites is 1. The Bertz CT molecular complexity index is 910. The van der Waals surface area contributed by atoms with Gasteiger partial charge < -0.3 is 14.7 Å². The molecule has 1 aliphatic heterocycles. The lowest BCUT2D eigenvalue weighted by atomic mass is 10.1. The van der Waals surface area contributed by atoms with Crippen LogP contribution in [0, 0.1) is 5.82 Å². The van der Waals surface area contributed by atoms with E-state index in [-0.39, 0.29) is 24.8 Å². The lowest BCUT2D eigenvalue weighted by Crippen LogP contribution is -2.41. The molecule has 1 aliphatic carbocycles. The Morgan fingerprint density at radius 3 is 2.78 bits per heavy atom. The average molecular weight is 373 g/mol. The molecule has 1 aromatic carbocycles. The number of hydrogen-bond donors (Lipinski definition) is 1. The molecule has 4 rings (SSSR count). The first-order valence-corrected chi connectivity index (χ1v) is 8.93. The van der Waals surface area contributed by atoms with Crippen molar-refractivity contribution in [2.45, 2.75) is 37.8 Å². The summed E-state index contributed by atoms with van der Waals surface area (Å²) in [5.74, 6) is -1.92. The number of carboxylic acid groups (broad SMARTS) is 1. The van der Waals surface area contributed by atoms with Gasteiger partial charge in [0.2, 0.25) is 0 Å². The molecule has 7 nitrogen and oxygen atoms in total. The molecular formula is C19H20FN3O4. The average Bonchev–Trinajstić information content (AvgIpc) is 3.36. The molecule has 1 aromatic heterocycles. The number of rotatable bonds is 4. The van der Waals surface area contributed by atoms with E-state index in [0.29, 0.717) is 18.5 Å². The number of nitrogens with zero attached hydrogens (tertiary/aromatic N) is 3. The van der Waals surface area contributed by atoms with Crippen LogP contribution in [0.1, 0.15) is 34.6 Å². The minimum absolute atomic E-state index is 0.202. The van der Waals surface area contributed by atoms with E-state index < -0.39 is 23.7 Å². The van der Waals surface area contributed by atoms with E-state index in [1.807, 2.05) is 0 Å². The third-order valence-corrected chi connectivity index (χ3v) is 5.36. The van der Waals surface area contributed by atoms with Gasteiger partial charge in [0, 0.05) is 31.3 Å². The number of carboxylic acids is 1. The van der Waals surface area contributed by atoms with Crippen LogP contribution < -0.4 is 0 Å². The summed E-state index contributed by atoms with van der Waals surface area (Å²) in [5, 5.41) is 13.9.